The highest BCUT2D eigenvalue weighted by Gasteiger charge is 2.51. The number of esters is 1. The Morgan fingerprint density at radius 2 is 0.984 bits per heavy atom. The number of hydrogen-bond donors (Lipinski definition) is 0. The van der Waals surface area contributed by atoms with E-state index in [1.54, 1.807) is 64.7 Å². The third-order valence-electron chi connectivity index (χ3n) is 23.4. The molecular weight excluding hydrogens is 1580 g/mol. The molecule has 14 nitrogen and oxygen atoms in total. The molecule has 7 aromatic carbocycles. The molecule has 4 saturated carbocycles. The Hall–Kier alpha value is -9.00. The molecule has 4 bridgehead atoms. The first-order valence-corrected chi connectivity index (χ1v) is 46.9. The fourth-order valence-electron chi connectivity index (χ4n) is 17.4. The van der Waals surface area contributed by atoms with Gasteiger partial charge in [-0.25, -0.2) is 18.0 Å². The van der Waals surface area contributed by atoms with Crippen molar-refractivity contribution in [3.8, 4) is 17.9 Å². The molecule has 7 aromatic rings. The van der Waals surface area contributed by atoms with Crippen LogP contribution in [0.1, 0.15) is 341 Å². The summed E-state index contributed by atoms with van der Waals surface area (Å²) in [5, 5.41) is 19.2. The minimum absolute atomic E-state index is 0.0986. The van der Waals surface area contributed by atoms with Crippen molar-refractivity contribution in [3.63, 3.8) is 0 Å². The topological polar surface area (TPSA) is 186 Å². The minimum atomic E-state index is -0.441. The number of imide groups is 2. The van der Waals surface area contributed by atoms with E-state index in [9.17, 15) is 37.1 Å². The van der Waals surface area contributed by atoms with E-state index in [0.29, 0.717) is 128 Å². The van der Waals surface area contributed by atoms with Crippen molar-refractivity contribution in [2.45, 2.75) is 285 Å². The zero-order valence-electron chi connectivity index (χ0n) is 80.4. The van der Waals surface area contributed by atoms with Crippen LogP contribution in [0.4, 0.5) is 18.9 Å². The molecule has 0 radical (unpaired) electrons. The number of methoxy groups -OCH3 is 1. The van der Waals surface area contributed by atoms with Crippen LogP contribution in [-0.4, -0.2) is 94.4 Å². The number of nitrogens with zero attached hydrogens (tertiary/aromatic N) is 4. The van der Waals surface area contributed by atoms with Gasteiger partial charge in [-0.2, -0.15) is 10.5 Å². The average Bonchev–Trinajstić information content (AvgIpc) is 0.754. The van der Waals surface area contributed by atoms with Crippen LogP contribution >= 0.6 is 0 Å². The number of halogens is 3. The van der Waals surface area contributed by atoms with Gasteiger partial charge in [-0.3, -0.25) is 29.0 Å². The van der Waals surface area contributed by atoms with Gasteiger partial charge in [0.1, 0.15) is 35.3 Å². The molecular formula is C109H153F3N4O10. The van der Waals surface area contributed by atoms with E-state index in [0.717, 1.165) is 102 Å². The Balaban J connectivity index is 0.000000258. The van der Waals surface area contributed by atoms with Gasteiger partial charge < -0.3 is 23.7 Å². The summed E-state index contributed by atoms with van der Waals surface area (Å²) >= 11 is 0. The zero-order chi connectivity index (χ0) is 93.2. The van der Waals surface area contributed by atoms with Crippen LogP contribution in [0.25, 0.3) is 10.8 Å². The first kappa shape index (κ1) is 108. The summed E-state index contributed by atoms with van der Waals surface area (Å²) < 4.78 is 64.9. The van der Waals surface area contributed by atoms with Crippen LogP contribution in [0.3, 0.4) is 0 Å². The van der Waals surface area contributed by atoms with E-state index in [2.05, 4.69) is 96.9 Å². The quantitative estimate of drug-likeness (QED) is 0.0216. The third-order valence-corrected chi connectivity index (χ3v) is 23.4. The molecule has 1 saturated heterocycles. The lowest BCUT2D eigenvalue weighted by molar-refractivity contribution is -0.132. The fraction of sp³-hybridized carbons (Fsp3) is 0.569. The maximum atomic E-state index is 13.1. The van der Waals surface area contributed by atoms with Gasteiger partial charge in [0.05, 0.1) is 62.0 Å². The van der Waals surface area contributed by atoms with Crippen LogP contribution in [0, 0.1) is 105 Å². The second-order valence-electron chi connectivity index (χ2n) is 38.9. The van der Waals surface area contributed by atoms with E-state index < -0.39 is 11.6 Å². The first-order chi connectivity index (χ1) is 59.8. The van der Waals surface area contributed by atoms with E-state index in [1.807, 2.05) is 144 Å². The van der Waals surface area contributed by atoms with Crippen LogP contribution in [0.5, 0.6) is 5.75 Å². The number of ether oxygens (including phenoxy) is 5. The largest absolute Gasteiger partial charge is 0.493 e. The molecule has 17 heteroatoms. The zero-order valence-corrected chi connectivity index (χ0v) is 80.4. The molecule has 13 rings (SSSR count). The van der Waals surface area contributed by atoms with E-state index in [-0.39, 0.29) is 52.3 Å². The highest BCUT2D eigenvalue weighted by Crippen LogP contribution is 2.62. The minimum Gasteiger partial charge on any atom is -0.493 e. The molecule has 5 fully saturated rings. The molecule has 0 atom stereocenters. The average molecular weight is 1740 g/mol. The van der Waals surface area contributed by atoms with Gasteiger partial charge in [0.25, 0.3) is 11.8 Å². The SMILES string of the molecule is CC(C)CC12CC3CC(CC(C3)C1)C2.CC(C)CCCCCN1C(=O)c2cccc3cccc(c23)C1=O.CC(C)Cc1c(F)cccc1F.CC(C)c1ccc(C#N)c(C#N)c1.CC(C)c1ccc(N2C(=O)CC(C)(C)CC2=O)cc1.CCOC(=O)c1ccc(C(C)C)cc1.COCCOCCOCCC(C)C.Cc1cc(F)cc(OCCCCCCC(C)C)c1. The molecule has 0 spiro atoms. The summed E-state index contributed by atoms with van der Waals surface area (Å²) in [6.07, 6.45) is 23.9. The van der Waals surface area contributed by atoms with Crippen molar-refractivity contribution >= 4 is 46.1 Å². The normalized spacial score (nSPS) is 16.9. The van der Waals surface area contributed by atoms with Gasteiger partial charge in [0.15, 0.2) is 0 Å². The lowest BCUT2D eigenvalue weighted by Crippen LogP contribution is -2.46. The van der Waals surface area contributed by atoms with E-state index in [4.69, 9.17) is 34.2 Å². The molecule has 2 aliphatic heterocycles. The molecule has 4 amide bonds. The monoisotopic (exact) mass is 1740 g/mol. The predicted octanol–water partition coefficient (Wildman–Crippen LogP) is 27.9. The van der Waals surface area contributed by atoms with Crippen LogP contribution in [0.15, 0.2) is 140 Å². The molecule has 126 heavy (non-hydrogen) atoms. The number of amides is 4. The van der Waals surface area contributed by atoms with Gasteiger partial charge in [0, 0.05) is 61.2 Å². The standard InChI is InChI=1S/C20H23NO2.C16H25FO.C16H21NO2.C14H24.C12H16O2.C11H10N2.C10H12F2.C10H22O3/c1-14(2)8-4-3-5-13-21-19(22)16-11-6-9-15-10-7-12-17(18(15)16)20(21)23;1-13(2)8-6-4-5-7-9-18-16-11-14(3)10-15(17)12-16;1-11(2)12-5-7-13(8-6-12)17-14(18)9-16(3,4)10-15(17)19;1-10(2)6-14-7-11-3-12(8-14)5-13(4-11)9-14;1-4-14-12(13)11-7-5-10(6-8-11)9(2)3;1-8(2)9-3-4-10(6-12)11(5-9)7-13;1-7(2)6-8-9(11)4-3-5-10(8)12;1-10(2)4-5-12-8-9-13-7-6-11-3/h6-7,9-12,14H,3-5,8,13H2,1-2H3;10-13H,4-9H2,1-3H3;5-8,11H,9-10H2,1-4H3;10-13H,3-9H2,1-2H3;5-9H,4H2,1-3H3;3-5,8H,1-2H3;3-5,7H,6H2,1-2H3;10H,4-9H2,1-3H3. The van der Waals surface area contributed by atoms with Gasteiger partial charge in [-0.1, -0.05) is 230 Å². The highest BCUT2D eigenvalue weighted by atomic mass is 19.1. The van der Waals surface area contributed by atoms with Crippen molar-refractivity contribution in [3.05, 3.63) is 213 Å². The second-order valence-corrected chi connectivity index (χ2v) is 38.9. The molecule has 0 aromatic heterocycles. The maximum absolute atomic E-state index is 13.1. The maximum Gasteiger partial charge on any atom is 0.338 e. The van der Waals surface area contributed by atoms with Gasteiger partial charge in [-0.15, -0.1) is 0 Å². The molecule has 0 N–H and O–H groups in total. The number of aryl methyl sites for hydroxylation is 1. The number of anilines is 1. The summed E-state index contributed by atoms with van der Waals surface area (Å²) in [5.74, 6) is 6.97. The van der Waals surface area contributed by atoms with Crippen molar-refractivity contribution in [2.75, 3.05) is 64.8 Å². The van der Waals surface area contributed by atoms with Crippen LogP contribution in [-0.2, 0) is 35.0 Å². The van der Waals surface area contributed by atoms with Crippen molar-refractivity contribution in [1.29, 1.82) is 10.5 Å². The summed E-state index contributed by atoms with van der Waals surface area (Å²) in [6.45, 7) is 47.4. The van der Waals surface area contributed by atoms with Crippen molar-refractivity contribution in [2.24, 2.45) is 58.2 Å². The number of nitriles is 2. The molecule has 690 valence electrons. The fourth-order valence-corrected chi connectivity index (χ4v) is 17.4. The van der Waals surface area contributed by atoms with Crippen LogP contribution < -0.4 is 9.64 Å². The van der Waals surface area contributed by atoms with Crippen molar-refractivity contribution < 1.29 is 60.8 Å². The van der Waals surface area contributed by atoms with E-state index >= 15 is 0 Å². The van der Waals surface area contributed by atoms with Crippen molar-refractivity contribution in [1.82, 2.24) is 4.90 Å². The molecule has 6 aliphatic rings. The van der Waals surface area contributed by atoms with E-state index in [1.165, 1.54) is 89.8 Å². The Kier molecular flexibility index (Phi) is 47.5. The lowest BCUT2D eigenvalue weighted by Gasteiger charge is -2.57. The van der Waals surface area contributed by atoms with Gasteiger partial charge in [0.2, 0.25) is 11.8 Å². The summed E-state index contributed by atoms with van der Waals surface area (Å²) in [5.41, 5.74) is 8.78. The number of benzene rings is 7. The Morgan fingerprint density at radius 1 is 0.508 bits per heavy atom. The van der Waals surface area contributed by atoms with Crippen LogP contribution in [0.2, 0.25) is 0 Å². The summed E-state index contributed by atoms with van der Waals surface area (Å²) in [7, 11) is 1.67. The lowest BCUT2D eigenvalue weighted by atomic mass is 9.48. The number of piperidine rings is 1. The number of hydrogen-bond acceptors (Lipinski definition) is 12. The summed E-state index contributed by atoms with van der Waals surface area (Å²) in [6, 6.07) is 44.8. The Bertz CT molecular complexity index is 4380. The molecule has 2 heterocycles. The number of unbranched alkanes of at least 4 members (excludes halogenated alkanes) is 5. The highest BCUT2D eigenvalue weighted by molar-refractivity contribution is 6.25. The number of carbonyl (C=O) groups excluding carboxylic acids is 5. The predicted molar refractivity (Wildman–Crippen MR) is 508 cm³/mol. The third kappa shape index (κ3) is 37.7. The molecule has 4 aliphatic carbocycles. The van der Waals surface area contributed by atoms with Gasteiger partial charge in [-0.05, 0) is 261 Å². The number of rotatable bonds is 33. The first-order valence-electron chi connectivity index (χ1n) is 46.9. The number of carbonyl (C=O) groups is 5. The summed E-state index contributed by atoms with van der Waals surface area (Å²) in [4.78, 5) is 63.7. The molecule has 0 unspecified atom stereocenters. The Labute approximate surface area is 756 Å². The Morgan fingerprint density at radius 3 is 1.45 bits per heavy atom. The second kappa shape index (κ2) is 55.7. The smallest absolute Gasteiger partial charge is 0.338 e. The van der Waals surface area contributed by atoms with Gasteiger partial charge >= 0.3 is 5.97 Å².